The minimum absolute atomic E-state index is 0.187. The summed E-state index contributed by atoms with van der Waals surface area (Å²) in [5.74, 6) is -0.605. The summed E-state index contributed by atoms with van der Waals surface area (Å²) in [5.41, 5.74) is 4.78. The van der Waals surface area contributed by atoms with Crippen LogP contribution in [0.2, 0.25) is 0 Å². The van der Waals surface area contributed by atoms with Gasteiger partial charge >= 0.3 is 5.82 Å². The molecule has 2 aromatic carbocycles. The van der Waals surface area contributed by atoms with Gasteiger partial charge in [-0.25, -0.2) is 4.99 Å². The van der Waals surface area contributed by atoms with Gasteiger partial charge in [-0.3, -0.25) is 0 Å². The van der Waals surface area contributed by atoms with Gasteiger partial charge in [0.25, 0.3) is 0 Å². The average molecular weight is 640 g/mol. The van der Waals surface area contributed by atoms with Crippen molar-refractivity contribution < 1.29 is 0 Å². The van der Waals surface area contributed by atoms with E-state index in [0.29, 0.717) is 35.5 Å². The molecule has 3 rings (SSSR count). The number of nitrogens with zero attached hydrogens (tertiary/aromatic N) is 9. The summed E-state index contributed by atoms with van der Waals surface area (Å²) in [5, 5.41) is 39.4. The molecule has 0 unspecified atom stereocenters. The number of nitriles is 4. The van der Waals surface area contributed by atoms with Crippen molar-refractivity contribution in [2.24, 2.45) is 10.9 Å². The number of hydrogen-bond acceptors (Lipinski definition) is 5. The topological polar surface area (TPSA) is 123 Å². The van der Waals surface area contributed by atoms with Crippen LogP contribution in [0.25, 0.3) is 20.8 Å². The van der Waals surface area contributed by atoms with Gasteiger partial charge in [0.15, 0.2) is 5.92 Å². The monoisotopic (exact) mass is 639 g/mol. The third-order valence-electron chi connectivity index (χ3n) is 7.33. The van der Waals surface area contributed by atoms with Crippen molar-refractivity contribution in [1.82, 2.24) is 9.80 Å². The van der Waals surface area contributed by atoms with Crippen LogP contribution in [0.5, 0.6) is 0 Å². The third-order valence-corrected chi connectivity index (χ3v) is 7.33. The van der Waals surface area contributed by atoms with Gasteiger partial charge in [-0.2, -0.15) is 30.7 Å². The van der Waals surface area contributed by atoms with E-state index in [1.165, 1.54) is 0 Å². The van der Waals surface area contributed by atoms with Crippen LogP contribution >= 0.6 is 0 Å². The molecule has 0 N–H and O–H groups in total. The number of hydrogen-bond donors (Lipinski definition) is 0. The fourth-order valence-electron chi connectivity index (χ4n) is 5.17. The van der Waals surface area contributed by atoms with Crippen LogP contribution in [0.15, 0.2) is 136 Å². The molecule has 0 atom stereocenters. The minimum atomic E-state index is -1.12. The molecule has 0 radical (unpaired) electrons. The molecule has 238 valence electrons. The second kappa shape index (κ2) is 18.1. The van der Waals surface area contributed by atoms with E-state index in [2.05, 4.69) is 21.8 Å². The Bertz CT molecular complexity index is 2020. The van der Waals surface area contributed by atoms with E-state index in [9.17, 15) is 21.0 Å². The van der Waals surface area contributed by atoms with Crippen LogP contribution in [-0.4, -0.2) is 44.0 Å². The van der Waals surface area contributed by atoms with Crippen molar-refractivity contribution in [3.05, 3.63) is 165 Å². The molecule has 0 heterocycles. The third kappa shape index (κ3) is 9.19. The highest BCUT2D eigenvalue weighted by atomic mass is 15.3. The second-order valence-corrected chi connectivity index (χ2v) is 11.0. The molecule has 0 bridgehead atoms. The lowest BCUT2D eigenvalue weighted by Crippen LogP contribution is -2.35. The fourth-order valence-corrected chi connectivity index (χ4v) is 5.17. The Morgan fingerprint density at radius 2 is 1.41 bits per heavy atom. The lowest BCUT2D eigenvalue weighted by atomic mass is 9.90. The summed E-state index contributed by atoms with van der Waals surface area (Å²) < 4.78 is 0. The summed E-state index contributed by atoms with van der Waals surface area (Å²) in [7, 11) is 7.59. The first-order valence-corrected chi connectivity index (χ1v) is 15.1. The Hall–Kier alpha value is -7.17. The van der Waals surface area contributed by atoms with Crippen molar-refractivity contribution in [3.63, 3.8) is 0 Å². The van der Waals surface area contributed by atoms with Crippen molar-refractivity contribution in [1.29, 1.82) is 21.0 Å². The van der Waals surface area contributed by atoms with Gasteiger partial charge in [0, 0.05) is 33.8 Å². The van der Waals surface area contributed by atoms with Gasteiger partial charge in [-0.1, -0.05) is 85.0 Å². The van der Waals surface area contributed by atoms with Gasteiger partial charge < -0.3 is 9.80 Å². The van der Waals surface area contributed by atoms with Crippen LogP contribution in [0.4, 0.5) is 0 Å². The quantitative estimate of drug-likeness (QED) is 0.0905. The van der Waals surface area contributed by atoms with E-state index < -0.39 is 5.92 Å². The maximum absolute atomic E-state index is 10.1. The molecule has 9 nitrogen and oxygen atoms in total. The number of allylic oxidation sites excluding steroid dienone is 12. The number of rotatable bonds is 9. The summed E-state index contributed by atoms with van der Waals surface area (Å²) in [6.07, 6.45) is 11.7. The van der Waals surface area contributed by atoms with E-state index in [4.69, 9.17) is 18.1 Å². The van der Waals surface area contributed by atoms with Crippen LogP contribution < -0.4 is 0 Å². The maximum Gasteiger partial charge on any atom is 0.528 e. The highest BCUT2D eigenvalue weighted by molar-refractivity contribution is 5.87. The lowest BCUT2D eigenvalue weighted by molar-refractivity contribution is 0.483. The van der Waals surface area contributed by atoms with Gasteiger partial charge in [-0.15, -0.1) is 0 Å². The molecule has 9 heteroatoms. The maximum atomic E-state index is 10.1. The highest BCUT2D eigenvalue weighted by Gasteiger charge is 2.22. The van der Waals surface area contributed by atoms with Crippen LogP contribution in [-0.2, 0) is 0 Å². The molecule has 0 amide bonds. The van der Waals surface area contributed by atoms with Crippen molar-refractivity contribution in [2.45, 2.75) is 12.8 Å². The Kier molecular flexibility index (Phi) is 13.4. The van der Waals surface area contributed by atoms with E-state index in [1.54, 1.807) is 72.8 Å². The predicted octanol–water partition coefficient (Wildman–Crippen LogP) is 7.85. The molecule has 0 saturated heterocycles. The molecule has 0 fully saturated rings. The summed E-state index contributed by atoms with van der Waals surface area (Å²) in [4.78, 5) is 15.5. The van der Waals surface area contributed by atoms with E-state index in [1.807, 2.05) is 74.4 Å². The summed E-state index contributed by atoms with van der Waals surface area (Å²) >= 11 is 0. The number of guanidine groups is 1. The standard InChI is InChI=1S/C40H33N9/c1-45-39(46-2)37(30-17-11-8-12-18-30)34(26-42)22-14-20-32-24-23-31(38(32)47-40(48(3)4)49(5)6)19-13-21-33(25-41)36(35(27-43)28-44)29-15-9-7-10-16-29/h7-22,35H,23-24H2,3-6H3/b20-14+,21-13+,31-19?,34-22+,36-33-. The Morgan fingerprint density at radius 3 is 1.92 bits per heavy atom. The zero-order valence-electron chi connectivity index (χ0n) is 27.8. The molecule has 0 saturated carbocycles. The molecular weight excluding hydrogens is 607 g/mol. The van der Waals surface area contributed by atoms with E-state index in [-0.39, 0.29) is 22.5 Å². The van der Waals surface area contributed by atoms with Crippen LogP contribution in [0.3, 0.4) is 0 Å². The van der Waals surface area contributed by atoms with Gasteiger partial charge in [0.05, 0.1) is 46.7 Å². The second-order valence-electron chi connectivity index (χ2n) is 11.0. The zero-order valence-corrected chi connectivity index (χ0v) is 27.8. The number of benzene rings is 2. The van der Waals surface area contributed by atoms with E-state index >= 15 is 0 Å². The molecule has 49 heavy (non-hydrogen) atoms. The largest absolute Gasteiger partial charge is 0.528 e. The average Bonchev–Trinajstić information content (AvgIpc) is 3.50. The van der Waals surface area contributed by atoms with Crippen LogP contribution in [0, 0.1) is 64.4 Å². The molecule has 0 aromatic heterocycles. The van der Waals surface area contributed by atoms with Crippen molar-refractivity contribution in [2.75, 3.05) is 28.2 Å². The van der Waals surface area contributed by atoms with E-state index in [0.717, 1.165) is 16.8 Å². The Morgan fingerprint density at radius 1 is 0.816 bits per heavy atom. The van der Waals surface area contributed by atoms with Crippen molar-refractivity contribution >= 4 is 17.1 Å². The van der Waals surface area contributed by atoms with Crippen LogP contribution in [0.1, 0.15) is 24.0 Å². The molecule has 1 aliphatic rings. The predicted molar refractivity (Wildman–Crippen MR) is 191 cm³/mol. The number of aliphatic imine (C=N–C) groups is 1. The fraction of sp³-hybridized carbons (Fsp3) is 0.175. The summed E-state index contributed by atoms with van der Waals surface area (Å²) in [6, 6.07) is 26.2. The molecule has 0 spiro atoms. The molecule has 1 aliphatic carbocycles. The first-order valence-electron chi connectivity index (χ1n) is 15.1. The Balaban J connectivity index is 2.17. The first kappa shape index (κ1) is 36.3. The molecular formula is C40H33N9. The van der Waals surface area contributed by atoms with Gasteiger partial charge in [0.1, 0.15) is 13.1 Å². The van der Waals surface area contributed by atoms with Gasteiger partial charge in [0.2, 0.25) is 5.96 Å². The normalized spacial score (nSPS) is 13.9. The molecule has 2 aromatic rings. The smallest absolute Gasteiger partial charge is 0.349 e. The minimum Gasteiger partial charge on any atom is -0.349 e. The Labute approximate surface area is 288 Å². The van der Waals surface area contributed by atoms with Crippen molar-refractivity contribution in [3.8, 4) is 24.3 Å². The van der Waals surface area contributed by atoms with Gasteiger partial charge in [-0.05, 0) is 47.3 Å². The first-order chi connectivity index (χ1) is 23.7. The summed E-state index contributed by atoms with van der Waals surface area (Å²) in [6.45, 7) is 15.0. The zero-order chi connectivity index (χ0) is 35.8. The SMILES string of the molecule is [C-]#[N+]C([N+]#[C-])=C(/C(C#N)=C/C=C/C1=C(N=C(N(C)C)N(C)C)C(=C/C=C/C(C#N)=C(\c2ccccc2)C(C#N)C#N)CC1)c1ccccc1. The molecule has 0 aliphatic heterocycles. The highest BCUT2D eigenvalue weighted by Crippen LogP contribution is 2.35. The lowest BCUT2D eigenvalue weighted by Gasteiger charge is -2.23.